The molecule has 1 fully saturated rings. The fraction of sp³-hybridized carbons (Fsp3) is 0.417. The molecule has 0 spiro atoms. The number of pyridine rings is 1. The highest BCUT2D eigenvalue weighted by molar-refractivity contribution is 7.90. The number of nitrogens with zero attached hydrogens (tertiary/aromatic N) is 4. The second kappa shape index (κ2) is 9.69. The lowest BCUT2D eigenvalue weighted by molar-refractivity contribution is 0.0172. The van der Waals surface area contributed by atoms with E-state index in [0.29, 0.717) is 25.5 Å². The predicted molar refractivity (Wildman–Crippen MR) is 129 cm³/mol. The van der Waals surface area contributed by atoms with E-state index in [-0.39, 0.29) is 29.1 Å². The number of carbonyl (C=O) groups excluding carboxylic acids is 1. The molecule has 0 radical (unpaired) electrons. The molecule has 1 amide bonds. The number of rotatable bonds is 4. The second-order valence-corrected chi connectivity index (χ2v) is 11.7. The number of benzene rings is 1. The lowest BCUT2D eigenvalue weighted by atomic mass is 10.1. The van der Waals surface area contributed by atoms with E-state index >= 15 is 0 Å². The number of hydrogen-bond donors (Lipinski definition) is 0. The third-order valence-electron chi connectivity index (χ3n) is 5.58. The monoisotopic (exact) mass is 536 g/mol. The summed E-state index contributed by atoms with van der Waals surface area (Å²) in [6, 6.07) is 3.29. The topological polar surface area (TPSA) is 121 Å². The number of likely N-dealkylation sites (tertiary alicyclic amines) is 1. The zero-order chi connectivity index (χ0) is 27.1. The zero-order valence-electron chi connectivity index (χ0n) is 20.7. The molecule has 0 N–H and O–H groups in total. The Morgan fingerprint density at radius 2 is 1.89 bits per heavy atom. The number of aromatic nitrogens is 3. The third kappa shape index (κ3) is 5.87. The summed E-state index contributed by atoms with van der Waals surface area (Å²) >= 11 is 0. The van der Waals surface area contributed by atoms with E-state index in [1.807, 2.05) is 0 Å². The normalized spacial score (nSPS) is 16.6. The molecule has 198 valence electrons. The number of sulfone groups is 1. The Kier molecular flexibility index (Phi) is 6.93. The molecule has 4 rings (SSSR count). The summed E-state index contributed by atoms with van der Waals surface area (Å²) in [6.07, 6.45) is 2.59. The minimum atomic E-state index is -3.81. The van der Waals surface area contributed by atoms with Gasteiger partial charge in [0.2, 0.25) is 15.0 Å². The van der Waals surface area contributed by atoms with E-state index in [9.17, 15) is 26.8 Å². The number of amides is 1. The largest absolute Gasteiger partial charge is 0.448 e. The highest BCUT2D eigenvalue weighted by atomic mass is 32.2. The van der Waals surface area contributed by atoms with Crippen molar-refractivity contribution in [3.63, 3.8) is 0 Å². The molecule has 37 heavy (non-hydrogen) atoms. The van der Waals surface area contributed by atoms with E-state index in [2.05, 4.69) is 9.97 Å². The number of ether oxygens (including phenoxy) is 2. The van der Waals surface area contributed by atoms with Crippen molar-refractivity contribution in [2.75, 3.05) is 19.3 Å². The van der Waals surface area contributed by atoms with Crippen molar-refractivity contribution in [1.29, 1.82) is 0 Å². The van der Waals surface area contributed by atoms with Crippen LogP contribution in [0.25, 0.3) is 11.0 Å². The summed E-state index contributed by atoms with van der Waals surface area (Å²) < 4.78 is 64.1. The molecule has 1 aromatic carbocycles. The zero-order valence-corrected chi connectivity index (χ0v) is 21.5. The molecule has 3 heterocycles. The van der Waals surface area contributed by atoms with Crippen LogP contribution >= 0.6 is 0 Å². The van der Waals surface area contributed by atoms with Gasteiger partial charge in [0.05, 0.1) is 6.04 Å². The van der Waals surface area contributed by atoms with Crippen LogP contribution in [-0.4, -0.2) is 58.9 Å². The second-order valence-electron chi connectivity index (χ2n) is 9.79. The fourth-order valence-corrected chi connectivity index (χ4v) is 4.50. The molecule has 0 aliphatic carbocycles. The van der Waals surface area contributed by atoms with Crippen molar-refractivity contribution in [2.45, 2.75) is 50.4 Å². The molecule has 13 heteroatoms. The van der Waals surface area contributed by atoms with Gasteiger partial charge in [-0.1, -0.05) is 0 Å². The summed E-state index contributed by atoms with van der Waals surface area (Å²) in [6.45, 7) is 5.70. The predicted octanol–water partition coefficient (Wildman–Crippen LogP) is 3.84. The number of halogens is 2. The van der Waals surface area contributed by atoms with Gasteiger partial charge in [0.25, 0.3) is 5.56 Å². The standard InChI is InChI=1S/C24H26F2N4O6S/c1-24(2,3)36-23(32)29-9-5-6-16(13-29)30-20-14(12-27-22(28-20)37(4,33)34)10-19(21(30)31)35-18-8-7-15(25)11-17(18)26/h7-8,10-12,16H,5-6,9,13H2,1-4H3/t16-/m1/s1. The van der Waals surface area contributed by atoms with Crippen LogP contribution in [0.3, 0.4) is 0 Å². The van der Waals surface area contributed by atoms with Gasteiger partial charge in [-0.25, -0.2) is 27.0 Å². The molecule has 0 unspecified atom stereocenters. The summed E-state index contributed by atoms with van der Waals surface area (Å²) in [5.74, 6) is -2.50. The Hall–Kier alpha value is -3.61. The van der Waals surface area contributed by atoms with E-state index < -0.39 is 49.9 Å². The molecular weight excluding hydrogens is 510 g/mol. The van der Waals surface area contributed by atoms with Crippen molar-refractivity contribution in [3.8, 4) is 11.5 Å². The van der Waals surface area contributed by atoms with Crippen LogP contribution in [0.2, 0.25) is 0 Å². The summed E-state index contributed by atoms with van der Waals surface area (Å²) in [5, 5.41) is -0.231. The van der Waals surface area contributed by atoms with Crippen LogP contribution in [-0.2, 0) is 14.6 Å². The van der Waals surface area contributed by atoms with Crippen LogP contribution < -0.4 is 10.3 Å². The lowest BCUT2D eigenvalue weighted by Gasteiger charge is -2.35. The Morgan fingerprint density at radius 1 is 1.16 bits per heavy atom. The Balaban J connectivity index is 1.84. The summed E-state index contributed by atoms with van der Waals surface area (Å²) in [4.78, 5) is 35.8. The van der Waals surface area contributed by atoms with Crippen LogP contribution in [0, 0.1) is 11.6 Å². The van der Waals surface area contributed by atoms with Crippen LogP contribution in [0.15, 0.2) is 40.4 Å². The fourth-order valence-electron chi connectivity index (χ4n) is 4.00. The Morgan fingerprint density at radius 3 is 2.54 bits per heavy atom. The average Bonchev–Trinajstić information content (AvgIpc) is 2.79. The van der Waals surface area contributed by atoms with Crippen LogP contribution in [0.4, 0.5) is 13.6 Å². The van der Waals surface area contributed by atoms with E-state index in [1.165, 1.54) is 21.7 Å². The molecule has 0 saturated carbocycles. The molecule has 0 bridgehead atoms. The van der Waals surface area contributed by atoms with Gasteiger partial charge in [-0.2, -0.15) is 4.98 Å². The number of hydrogen-bond acceptors (Lipinski definition) is 8. The molecule has 2 aromatic heterocycles. The first-order chi connectivity index (χ1) is 17.2. The highest BCUT2D eigenvalue weighted by Crippen LogP contribution is 2.29. The van der Waals surface area contributed by atoms with Crippen molar-refractivity contribution < 1.29 is 31.5 Å². The maximum absolute atomic E-state index is 14.3. The minimum absolute atomic E-state index is 0.0170. The van der Waals surface area contributed by atoms with E-state index in [0.717, 1.165) is 18.4 Å². The molecule has 1 atom stereocenters. The molecule has 1 saturated heterocycles. The summed E-state index contributed by atoms with van der Waals surface area (Å²) in [5.41, 5.74) is -1.44. The Labute approximate surface area is 211 Å². The average molecular weight is 537 g/mol. The van der Waals surface area contributed by atoms with E-state index in [1.54, 1.807) is 20.8 Å². The highest BCUT2D eigenvalue weighted by Gasteiger charge is 2.31. The minimum Gasteiger partial charge on any atom is -0.448 e. The lowest BCUT2D eigenvalue weighted by Crippen LogP contribution is -2.45. The SMILES string of the molecule is CC(C)(C)OC(=O)N1CCC[C@@H](n2c(=O)c(Oc3ccc(F)cc3F)cc3cnc(S(C)(=O)=O)nc32)C1. The van der Waals surface area contributed by atoms with E-state index in [4.69, 9.17) is 9.47 Å². The maximum Gasteiger partial charge on any atom is 0.410 e. The van der Waals surface area contributed by atoms with Crippen molar-refractivity contribution >= 4 is 27.0 Å². The van der Waals surface area contributed by atoms with Crippen LogP contribution in [0.5, 0.6) is 11.5 Å². The summed E-state index contributed by atoms with van der Waals surface area (Å²) in [7, 11) is -3.81. The molecule has 3 aromatic rings. The number of piperidine rings is 1. The van der Waals surface area contributed by atoms with Gasteiger partial charge in [-0.3, -0.25) is 9.36 Å². The molecule has 1 aliphatic rings. The van der Waals surface area contributed by atoms with Gasteiger partial charge in [0, 0.05) is 37.0 Å². The number of fused-ring (bicyclic) bond motifs is 1. The first kappa shape index (κ1) is 26.5. The van der Waals surface area contributed by atoms with Gasteiger partial charge < -0.3 is 14.4 Å². The Bertz CT molecular complexity index is 1530. The third-order valence-corrected chi connectivity index (χ3v) is 6.44. The maximum atomic E-state index is 14.3. The van der Waals surface area contributed by atoms with Gasteiger partial charge in [-0.05, 0) is 51.8 Å². The molecular formula is C24H26F2N4O6S. The molecule has 1 aliphatic heterocycles. The van der Waals surface area contributed by atoms with Gasteiger partial charge in [0.1, 0.15) is 17.1 Å². The molecule has 10 nitrogen and oxygen atoms in total. The van der Waals surface area contributed by atoms with Gasteiger partial charge in [-0.15, -0.1) is 0 Å². The first-order valence-corrected chi connectivity index (χ1v) is 13.4. The van der Waals surface area contributed by atoms with Gasteiger partial charge >= 0.3 is 6.09 Å². The smallest absolute Gasteiger partial charge is 0.410 e. The number of carbonyl (C=O) groups is 1. The van der Waals surface area contributed by atoms with Crippen LogP contribution in [0.1, 0.15) is 39.7 Å². The first-order valence-electron chi connectivity index (χ1n) is 11.5. The van der Waals surface area contributed by atoms with Crippen molar-refractivity contribution in [1.82, 2.24) is 19.4 Å². The van der Waals surface area contributed by atoms with Crippen molar-refractivity contribution in [2.24, 2.45) is 0 Å². The van der Waals surface area contributed by atoms with Crippen molar-refractivity contribution in [3.05, 3.63) is 52.5 Å². The quantitative estimate of drug-likeness (QED) is 0.461. The van der Waals surface area contributed by atoms with Gasteiger partial charge in [0.15, 0.2) is 17.3 Å².